The van der Waals surface area contributed by atoms with E-state index in [0.29, 0.717) is 11.8 Å². The van der Waals surface area contributed by atoms with E-state index in [1.165, 1.54) is 11.1 Å². The quantitative estimate of drug-likeness (QED) is 0.875. The SMILES string of the molecule is Oc1ccc2c(c1)CCC2NCc1nccs1. The topological polar surface area (TPSA) is 45.1 Å². The van der Waals surface area contributed by atoms with E-state index in [9.17, 15) is 5.11 Å². The number of rotatable bonds is 3. The molecule has 1 aromatic heterocycles. The van der Waals surface area contributed by atoms with Crippen molar-refractivity contribution in [3.63, 3.8) is 0 Å². The van der Waals surface area contributed by atoms with Crippen molar-refractivity contribution in [1.29, 1.82) is 0 Å². The van der Waals surface area contributed by atoms with Gasteiger partial charge in [0.2, 0.25) is 0 Å². The lowest BCUT2D eigenvalue weighted by Gasteiger charge is -2.12. The van der Waals surface area contributed by atoms with Crippen molar-refractivity contribution in [3.05, 3.63) is 45.9 Å². The number of aryl methyl sites for hydroxylation is 1. The number of fused-ring (bicyclic) bond motifs is 1. The van der Waals surface area contributed by atoms with Gasteiger partial charge in [0.1, 0.15) is 10.8 Å². The largest absolute Gasteiger partial charge is 0.508 e. The van der Waals surface area contributed by atoms with Crippen LogP contribution in [0.25, 0.3) is 0 Å². The van der Waals surface area contributed by atoms with Crippen LogP contribution in [0, 0.1) is 0 Å². The first-order chi connectivity index (χ1) is 8.33. The van der Waals surface area contributed by atoms with Crippen LogP contribution in [0.5, 0.6) is 5.75 Å². The molecule has 0 radical (unpaired) electrons. The number of thiazole rings is 1. The first kappa shape index (κ1) is 10.7. The third-order valence-corrected chi connectivity index (χ3v) is 3.97. The van der Waals surface area contributed by atoms with Gasteiger partial charge < -0.3 is 10.4 Å². The zero-order valence-corrected chi connectivity index (χ0v) is 10.2. The average molecular weight is 246 g/mol. The molecule has 1 heterocycles. The van der Waals surface area contributed by atoms with Crippen LogP contribution in [0.4, 0.5) is 0 Å². The Morgan fingerprint density at radius 3 is 3.24 bits per heavy atom. The number of phenolic OH excluding ortho intramolecular Hbond substituents is 1. The molecular weight excluding hydrogens is 232 g/mol. The third kappa shape index (κ3) is 2.18. The van der Waals surface area contributed by atoms with Crippen molar-refractivity contribution in [2.75, 3.05) is 0 Å². The highest BCUT2D eigenvalue weighted by Crippen LogP contribution is 2.33. The maximum atomic E-state index is 9.43. The third-order valence-electron chi connectivity index (χ3n) is 3.19. The van der Waals surface area contributed by atoms with Crippen LogP contribution in [0.2, 0.25) is 0 Å². The zero-order valence-electron chi connectivity index (χ0n) is 9.39. The van der Waals surface area contributed by atoms with E-state index in [-0.39, 0.29) is 0 Å². The fourth-order valence-electron chi connectivity index (χ4n) is 2.37. The van der Waals surface area contributed by atoms with Crippen molar-refractivity contribution in [1.82, 2.24) is 10.3 Å². The number of hydrogen-bond donors (Lipinski definition) is 2. The number of nitrogens with zero attached hydrogens (tertiary/aromatic N) is 1. The lowest BCUT2D eigenvalue weighted by atomic mass is 10.1. The molecule has 1 unspecified atom stereocenters. The summed E-state index contributed by atoms with van der Waals surface area (Å²) in [7, 11) is 0. The van der Waals surface area contributed by atoms with E-state index in [2.05, 4.69) is 10.3 Å². The highest BCUT2D eigenvalue weighted by atomic mass is 32.1. The minimum atomic E-state index is 0.365. The van der Waals surface area contributed by atoms with Gasteiger partial charge in [0.15, 0.2) is 0 Å². The number of aromatic hydroxyl groups is 1. The smallest absolute Gasteiger partial charge is 0.115 e. The Bertz CT molecular complexity index is 510. The molecule has 2 N–H and O–H groups in total. The van der Waals surface area contributed by atoms with Gasteiger partial charge in [-0.3, -0.25) is 0 Å². The first-order valence-corrected chi connectivity index (χ1v) is 6.64. The van der Waals surface area contributed by atoms with Gasteiger partial charge in [0.05, 0.1) is 0 Å². The van der Waals surface area contributed by atoms with E-state index in [4.69, 9.17) is 0 Å². The van der Waals surface area contributed by atoms with Crippen LogP contribution in [-0.4, -0.2) is 10.1 Å². The Labute approximate surface area is 104 Å². The van der Waals surface area contributed by atoms with Gasteiger partial charge in [-0.1, -0.05) is 6.07 Å². The average Bonchev–Trinajstić information content (AvgIpc) is 2.94. The molecule has 17 heavy (non-hydrogen) atoms. The molecule has 1 atom stereocenters. The second kappa shape index (κ2) is 4.47. The van der Waals surface area contributed by atoms with Crippen LogP contribution in [0.1, 0.15) is 28.6 Å². The molecule has 4 heteroatoms. The van der Waals surface area contributed by atoms with Gasteiger partial charge in [-0.2, -0.15) is 0 Å². The molecule has 1 aliphatic carbocycles. The van der Waals surface area contributed by atoms with Crippen molar-refractivity contribution < 1.29 is 5.11 Å². The fraction of sp³-hybridized carbons (Fsp3) is 0.308. The van der Waals surface area contributed by atoms with E-state index in [1.807, 2.05) is 23.7 Å². The van der Waals surface area contributed by atoms with Crippen LogP contribution in [0.3, 0.4) is 0 Å². The lowest BCUT2D eigenvalue weighted by Crippen LogP contribution is -2.18. The van der Waals surface area contributed by atoms with Gasteiger partial charge >= 0.3 is 0 Å². The van der Waals surface area contributed by atoms with E-state index in [1.54, 1.807) is 17.4 Å². The molecule has 3 nitrogen and oxygen atoms in total. The predicted octanol–water partition coefficient (Wildman–Crippen LogP) is 2.63. The Balaban J connectivity index is 1.71. The van der Waals surface area contributed by atoms with Gasteiger partial charge in [-0.15, -0.1) is 11.3 Å². The molecule has 1 aromatic carbocycles. The summed E-state index contributed by atoms with van der Waals surface area (Å²) in [5.74, 6) is 0.365. The normalized spacial score (nSPS) is 18.2. The van der Waals surface area contributed by atoms with Gasteiger partial charge in [0.25, 0.3) is 0 Å². The van der Waals surface area contributed by atoms with Crippen LogP contribution in [-0.2, 0) is 13.0 Å². The lowest BCUT2D eigenvalue weighted by molar-refractivity contribution is 0.474. The number of aromatic nitrogens is 1. The molecule has 2 aromatic rings. The van der Waals surface area contributed by atoms with Crippen LogP contribution < -0.4 is 5.32 Å². The second-order valence-corrected chi connectivity index (χ2v) is 5.26. The molecule has 0 amide bonds. The minimum Gasteiger partial charge on any atom is -0.508 e. The Hall–Kier alpha value is -1.39. The number of nitrogens with one attached hydrogen (secondary N) is 1. The van der Waals surface area contributed by atoms with Gasteiger partial charge in [0, 0.05) is 24.2 Å². The van der Waals surface area contributed by atoms with E-state index < -0.39 is 0 Å². The molecule has 0 saturated heterocycles. The maximum Gasteiger partial charge on any atom is 0.115 e. The highest BCUT2D eigenvalue weighted by molar-refractivity contribution is 7.09. The van der Waals surface area contributed by atoms with Crippen LogP contribution in [0.15, 0.2) is 29.8 Å². The maximum absolute atomic E-state index is 9.43. The Morgan fingerprint density at radius 2 is 2.41 bits per heavy atom. The van der Waals surface area contributed by atoms with Gasteiger partial charge in [-0.05, 0) is 36.1 Å². The molecule has 1 aliphatic rings. The fourth-order valence-corrected chi connectivity index (χ4v) is 2.93. The summed E-state index contributed by atoms with van der Waals surface area (Å²) in [5, 5.41) is 16.1. The number of hydrogen-bond acceptors (Lipinski definition) is 4. The predicted molar refractivity (Wildman–Crippen MR) is 68.1 cm³/mol. The van der Waals surface area contributed by atoms with Crippen LogP contribution >= 0.6 is 11.3 Å². The summed E-state index contributed by atoms with van der Waals surface area (Å²) >= 11 is 1.68. The van der Waals surface area contributed by atoms with Crippen molar-refractivity contribution >= 4 is 11.3 Å². The molecule has 0 spiro atoms. The Kier molecular flexibility index (Phi) is 2.82. The molecular formula is C13H14N2OS. The van der Waals surface area contributed by atoms with E-state index in [0.717, 1.165) is 24.4 Å². The molecule has 0 aliphatic heterocycles. The molecule has 88 valence electrons. The first-order valence-electron chi connectivity index (χ1n) is 5.76. The Morgan fingerprint density at radius 1 is 1.47 bits per heavy atom. The van der Waals surface area contributed by atoms with Gasteiger partial charge in [-0.25, -0.2) is 4.98 Å². The summed E-state index contributed by atoms with van der Waals surface area (Å²) in [4.78, 5) is 4.26. The minimum absolute atomic E-state index is 0.365. The number of phenols is 1. The highest BCUT2D eigenvalue weighted by Gasteiger charge is 2.22. The summed E-state index contributed by atoms with van der Waals surface area (Å²) in [6.07, 6.45) is 3.98. The molecule has 3 rings (SSSR count). The second-order valence-electron chi connectivity index (χ2n) is 4.28. The number of benzene rings is 1. The monoisotopic (exact) mass is 246 g/mol. The van der Waals surface area contributed by atoms with E-state index >= 15 is 0 Å². The molecule has 0 saturated carbocycles. The standard InChI is InChI=1S/C13H14N2OS/c16-10-2-3-11-9(7-10)1-4-12(11)15-8-13-14-5-6-17-13/h2-3,5-7,12,15-16H,1,4,8H2. The zero-order chi connectivity index (χ0) is 11.7. The molecule has 0 fully saturated rings. The summed E-state index contributed by atoms with van der Waals surface area (Å²) in [6.45, 7) is 0.822. The summed E-state index contributed by atoms with van der Waals surface area (Å²) in [5.41, 5.74) is 2.58. The molecule has 0 bridgehead atoms. The summed E-state index contributed by atoms with van der Waals surface area (Å²) < 4.78 is 0. The van der Waals surface area contributed by atoms with Crippen molar-refractivity contribution in [2.24, 2.45) is 0 Å². The van der Waals surface area contributed by atoms with Crippen molar-refractivity contribution in [3.8, 4) is 5.75 Å². The summed E-state index contributed by atoms with van der Waals surface area (Å²) in [6, 6.07) is 6.06. The van der Waals surface area contributed by atoms with Crippen molar-refractivity contribution in [2.45, 2.75) is 25.4 Å².